The van der Waals surface area contributed by atoms with Gasteiger partial charge in [-0.25, -0.2) is 0 Å². The fraction of sp³-hybridized carbons (Fsp3) is 0.571. The van der Waals surface area contributed by atoms with Crippen LogP contribution >= 0.6 is 0 Å². The number of likely N-dealkylation sites (tertiary alicyclic amines) is 1. The van der Waals surface area contributed by atoms with E-state index in [1.807, 2.05) is 6.08 Å². The summed E-state index contributed by atoms with van der Waals surface area (Å²) in [7, 11) is 0. The first kappa shape index (κ1) is 18.7. The molecule has 1 heterocycles. The lowest BCUT2D eigenvalue weighted by Gasteiger charge is -2.31. The Balaban J connectivity index is 1.93. The number of nitrogens with zero attached hydrogens (tertiary/aromatic N) is 1. The number of piperidine rings is 1. The molecule has 0 bridgehead atoms. The standard InChI is InChI=1S/C21H32N2O/c1-17-8-7-13-23(15-17)16-19-10-6-5-9-18(19)14-22-20(24)11-12-21(2,3)4/h5-6,9-12,17H,7-8,13-16H2,1-4H3,(H,22,24). The molecule has 0 saturated carbocycles. The number of carbonyl (C=O) groups is 1. The van der Waals surface area contributed by atoms with E-state index in [4.69, 9.17) is 0 Å². The van der Waals surface area contributed by atoms with Crippen LogP contribution in [0.15, 0.2) is 36.4 Å². The second-order valence-corrected chi connectivity index (χ2v) is 8.17. The van der Waals surface area contributed by atoms with Crippen LogP contribution in [0.3, 0.4) is 0 Å². The van der Waals surface area contributed by atoms with E-state index in [9.17, 15) is 4.79 Å². The van der Waals surface area contributed by atoms with Crippen LogP contribution in [0.2, 0.25) is 0 Å². The van der Waals surface area contributed by atoms with Crippen molar-refractivity contribution in [1.82, 2.24) is 10.2 Å². The molecule has 1 aliphatic heterocycles. The van der Waals surface area contributed by atoms with Gasteiger partial charge in [0.25, 0.3) is 0 Å². The van der Waals surface area contributed by atoms with Crippen molar-refractivity contribution in [3.8, 4) is 0 Å². The Morgan fingerprint density at radius 2 is 2.00 bits per heavy atom. The van der Waals surface area contributed by atoms with Gasteiger partial charge in [0.2, 0.25) is 5.91 Å². The molecule has 24 heavy (non-hydrogen) atoms. The summed E-state index contributed by atoms with van der Waals surface area (Å²) in [5.41, 5.74) is 2.57. The average molecular weight is 329 g/mol. The van der Waals surface area contributed by atoms with Gasteiger partial charge in [0.1, 0.15) is 0 Å². The molecule has 1 aliphatic rings. The molecule has 1 unspecified atom stereocenters. The zero-order chi connectivity index (χ0) is 17.6. The molecule has 1 N–H and O–H groups in total. The third-order valence-corrected chi connectivity index (χ3v) is 4.44. The van der Waals surface area contributed by atoms with Gasteiger partial charge in [-0.1, -0.05) is 58.0 Å². The maximum atomic E-state index is 12.0. The zero-order valence-electron chi connectivity index (χ0n) is 15.6. The molecule has 0 aliphatic carbocycles. The van der Waals surface area contributed by atoms with Crippen LogP contribution in [0.4, 0.5) is 0 Å². The SMILES string of the molecule is CC1CCCN(Cc2ccccc2CNC(=O)C=CC(C)(C)C)C1. The van der Waals surface area contributed by atoms with E-state index in [2.05, 4.69) is 62.2 Å². The van der Waals surface area contributed by atoms with E-state index < -0.39 is 0 Å². The number of carbonyl (C=O) groups excluding carboxylic acids is 1. The lowest BCUT2D eigenvalue weighted by molar-refractivity contribution is -0.116. The molecule has 1 fully saturated rings. The van der Waals surface area contributed by atoms with Gasteiger partial charge in [-0.2, -0.15) is 0 Å². The predicted octanol–water partition coefficient (Wildman–Crippen LogP) is 4.14. The van der Waals surface area contributed by atoms with Crippen LogP contribution in [0.5, 0.6) is 0 Å². The fourth-order valence-electron chi connectivity index (χ4n) is 3.12. The number of allylic oxidation sites excluding steroid dienone is 1. The number of rotatable bonds is 5. The normalized spacial score (nSPS) is 19.6. The minimum absolute atomic E-state index is 0.0219. The smallest absolute Gasteiger partial charge is 0.243 e. The van der Waals surface area contributed by atoms with E-state index in [1.54, 1.807) is 6.08 Å². The molecular formula is C21H32N2O. The minimum atomic E-state index is -0.0219. The first-order valence-electron chi connectivity index (χ1n) is 9.10. The topological polar surface area (TPSA) is 32.3 Å². The zero-order valence-corrected chi connectivity index (χ0v) is 15.6. The van der Waals surface area contributed by atoms with Gasteiger partial charge < -0.3 is 5.32 Å². The number of benzene rings is 1. The Hall–Kier alpha value is -1.61. The van der Waals surface area contributed by atoms with E-state index in [0.29, 0.717) is 6.54 Å². The predicted molar refractivity (Wildman–Crippen MR) is 101 cm³/mol. The van der Waals surface area contributed by atoms with Crippen molar-refractivity contribution in [3.63, 3.8) is 0 Å². The van der Waals surface area contributed by atoms with Gasteiger partial charge in [-0.15, -0.1) is 0 Å². The molecule has 1 aromatic rings. The summed E-state index contributed by atoms with van der Waals surface area (Å²) in [6.45, 7) is 12.5. The van der Waals surface area contributed by atoms with Gasteiger partial charge >= 0.3 is 0 Å². The number of amides is 1. The van der Waals surface area contributed by atoms with Crippen molar-refractivity contribution in [2.24, 2.45) is 11.3 Å². The first-order chi connectivity index (χ1) is 11.3. The Morgan fingerprint density at radius 3 is 2.67 bits per heavy atom. The summed E-state index contributed by atoms with van der Waals surface area (Å²) in [6, 6.07) is 8.45. The minimum Gasteiger partial charge on any atom is -0.348 e. The molecule has 1 atom stereocenters. The highest BCUT2D eigenvalue weighted by molar-refractivity contribution is 5.87. The van der Waals surface area contributed by atoms with Crippen LogP contribution in [0.25, 0.3) is 0 Å². The van der Waals surface area contributed by atoms with Gasteiger partial charge in [0.05, 0.1) is 0 Å². The fourth-order valence-corrected chi connectivity index (χ4v) is 3.12. The van der Waals surface area contributed by atoms with Gasteiger partial charge in [0.15, 0.2) is 0 Å². The number of hydrogen-bond donors (Lipinski definition) is 1. The van der Waals surface area contributed by atoms with Crippen LogP contribution in [-0.2, 0) is 17.9 Å². The molecule has 3 nitrogen and oxygen atoms in total. The monoisotopic (exact) mass is 328 g/mol. The molecule has 0 radical (unpaired) electrons. The maximum Gasteiger partial charge on any atom is 0.243 e. The van der Waals surface area contributed by atoms with E-state index in [1.165, 1.54) is 37.1 Å². The summed E-state index contributed by atoms with van der Waals surface area (Å²) in [6.07, 6.45) is 6.23. The van der Waals surface area contributed by atoms with Gasteiger partial charge in [0, 0.05) is 19.6 Å². The highest BCUT2D eigenvalue weighted by atomic mass is 16.1. The summed E-state index contributed by atoms with van der Waals surface area (Å²) in [5, 5.41) is 3.01. The van der Waals surface area contributed by atoms with Crippen molar-refractivity contribution in [2.75, 3.05) is 13.1 Å². The Kier molecular flexibility index (Phi) is 6.61. The molecule has 0 aromatic heterocycles. The third kappa shape index (κ3) is 6.48. The van der Waals surface area contributed by atoms with Gasteiger partial charge in [-0.3, -0.25) is 9.69 Å². The summed E-state index contributed by atoms with van der Waals surface area (Å²) in [4.78, 5) is 14.5. The van der Waals surface area contributed by atoms with Crippen LogP contribution < -0.4 is 5.32 Å². The molecule has 2 rings (SSSR count). The Labute approximate surface area is 147 Å². The molecule has 1 amide bonds. The molecule has 1 saturated heterocycles. The average Bonchev–Trinajstić information content (AvgIpc) is 2.51. The molecular weight excluding hydrogens is 296 g/mol. The molecule has 1 aromatic carbocycles. The number of nitrogens with one attached hydrogen (secondary N) is 1. The van der Waals surface area contributed by atoms with Crippen molar-refractivity contribution >= 4 is 5.91 Å². The first-order valence-corrected chi connectivity index (χ1v) is 9.10. The van der Waals surface area contributed by atoms with Crippen LogP contribution in [0.1, 0.15) is 51.7 Å². The Morgan fingerprint density at radius 1 is 1.29 bits per heavy atom. The largest absolute Gasteiger partial charge is 0.348 e. The van der Waals surface area contributed by atoms with Crippen molar-refractivity contribution in [2.45, 2.75) is 53.6 Å². The number of hydrogen-bond acceptors (Lipinski definition) is 2. The third-order valence-electron chi connectivity index (χ3n) is 4.44. The van der Waals surface area contributed by atoms with Crippen molar-refractivity contribution in [1.29, 1.82) is 0 Å². The molecule has 0 spiro atoms. The van der Waals surface area contributed by atoms with Crippen molar-refractivity contribution in [3.05, 3.63) is 47.5 Å². The second kappa shape index (κ2) is 8.48. The lowest BCUT2D eigenvalue weighted by Crippen LogP contribution is -2.34. The molecule has 3 heteroatoms. The summed E-state index contributed by atoms with van der Waals surface area (Å²) in [5.74, 6) is 0.763. The van der Waals surface area contributed by atoms with E-state index in [0.717, 1.165) is 12.5 Å². The highest BCUT2D eigenvalue weighted by Gasteiger charge is 2.17. The Bertz CT molecular complexity index is 571. The van der Waals surface area contributed by atoms with Crippen LogP contribution in [0, 0.1) is 11.3 Å². The van der Waals surface area contributed by atoms with Crippen LogP contribution in [-0.4, -0.2) is 23.9 Å². The quantitative estimate of drug-likeness (QED) is 0.824. The molecule has 132 valence electrons. The summed E-state index contributed by atoms with van der Waals surface area (Å²) < 4.78 is 0. The second-order valence-electron chi connectivity index (χ2n) is 8.17. The van der Waals surface area contributed by atoms with Gasteiger partial charge in [-0.05, 0) is 47.9 Å². The summed E-state index contributed by atoms with van der Waals surface area (Å²) >= 11 is 0. The lowest BCUT2D eigenvalue weighted by atomic mass is 9.96. The highest BCUT2D eigenvalue weighted by Crippen LogP contribution is 2.19. The maximum absolute atomic E-state index is 12.0. The van der Waals surface area contributed by atoms with E-state index >= 15 is 0 Å². The van der Waals surface area contributed by atoms with Crippen molar-refractivity contribution < 1.29 is 4.79 Å². The van der Waals surface area contributed by atoms with E-state index in [-0.39, 0.29) is 11.3 Å².